The molecule has 1 aliphatic carbocycles. The molecule has 90 valence electrons. The summed E-state index contributed by atoms with van der Waals surface area (Å²) >= 11 is 0. The molecule has 0 N–H and O–H groups in total. The molecule has 2 fully saturated rings. The molecule has 4 nitrogen and oxygen atoms in total. The SMILES string of the molecule is CCOC(=O)C1(C(=O)N2CCCC2)CCC1. The molecular formula is C12H19NO3. The van der Waals surface area contributed by atoms with Gasteiger partial charge in [-0.05, 0) is 32.6 Å². The highest BCUT2D eigenvalue weighted by Gasteiger charge is 2.53. The summed E-state index contributed by atoms with van der Waals surface area (Å²) in [6.07, 6.45) is 4.41. The Morgan fingerprint density at radius 3 is 2.25 bits per heavy atom. The van der Waals surface area contributed by atoms with Crippen LogP contribution in [0.25, 0.3) is 0 Å². The third-order valence-electron chi connectivity index (χ3n) is 3.68. The van der Waals surface area contributed by atoms with Crippen LogP contribution >= 0.6 is 0 Å². The quantitative estimate of drug-likeness (QED) is 0.538. The molecule has 0 aromatic heterocycles. The second-order valence-corrected chi connectivity index (χ2v) is 4.66. The lowest BCUT2D eigenvalue weighted by Crippen LogP contribution is -2.52. The van der Waals surface area contributed by atoms with Crippen molar-refractivity contribution in [1.29, 1.82) is 0 Å². The summed E-state index contributed by atoms with van der Waals surface area (Å²) in [6.45, 7) is 3.75. The van der Waals surface area contributed by atoms with Crippen molar-refractivity contribution in [3.8, 4) is 0 Å². The molecule has 0 unspecified atom stereocenters. The molecule has 2 aliphatic rings. The van der Waals surface area contributed by atoms with Crippen LogP contribution in [-0.2, 0) is 14.3 Å². The monoisotopic (exact) mass is 225 g/mol. The first kappa shape index (κ1) is 11.4. The van der Waals surface area contributed by atoms with E-state index in [0.29, 0.717) is 19.4 Å². The summed E-state index contributed by atoms with van der Waals surface area (Å²) in [5, 5.41) is 0. The van der Waals surface area contributed by atoms with Crippen LogP contribution in [0.3, 0.4) is 0 Å². The van der Waals surface area contributed by atoms with Crippen LogP contribution in [-0.4, -0.2) is 36.5 Å². The zero-order chi connectivity index (χ0) is 11.6. The van der Waals surface area contributed by atoms with E-state index in [-0.39, 0.29) is 11.9 Å². The van der Waals surface area contributed by atoms with Crippen LogP contribution in [0.5, 0.6) is 0 Å². The maximum Gasteiger partial charge on any atom is 0.321 e. The number of hydrogen-bond donors (Lipinski definition) is 0. The maximum absolute atomic E-state index is 12.3. The summed E-state index contributed by atoms with van der Waals surface area (Å²) < 4.78 is 5.04. The van der Waals surface area contributed by atoms with Gasteiger partial charge in [0, 0.05) is 13.1 Å². The van der Waals surface area contributed by atoms with Crippen LogP contribution < -0.4 is 0 Å². The van der Waals surface area contributed by atoms with Gasteiger partial charge in [-0.25, -0.2) is 0 Å². The van der Waals surface area contributed by atoms with Gasteiger partial charge in [0.1, 0.15) is 5.41 Å². The first-order chi connectivity index (χ1) is 7.70. The number of nitrogens with zero attached hydrogens (tertiary/aromatic N) is 1. The first-order valence-electron chi connectivity index (χ1n) is 6.17. The molecule has 0 atom stereocenters. The van der Waals surface area contributed by atoms with Gasteiger partial charge < -0.3 is 9.64 Å². The van der Waals surface area contributed by atoms with E-state index in [1.54, 1.807) is 6.92 Å². The lowest BCUT2D eigenvalue weighted by Gasteiger charge is -2.40. The van der Waals surface area contributed by atoms with Crippen molar-refractivity contribution >= 4 is 11.9 Å². The fourth-order valence-electron chi connectivity index (χ4n) is 2.53. The number of amides is 1. The van der Waals surface area contributed by atoms with Crippen LogP contribution in [0.4, 0.5) is 0 Å². The molecule has 0 spiro atoms. The van der Waals surface area contributed by atoms with Gasteiger partial charge in [0.25, 0.3) is 0 Å². The van der Waals surface area contributed by atoms with Crippen LogP contribution in [0.1, 0.15) is 39.0 Å². The van der Waals surface area contributed by atoms with Crippen molar-refractivity contribution in [3.05, 3.63) is 0 Å². The Labute approximate surface area is 95.9 Å². The Kier molecular flexibility index (Phi) is 3.17. The average Bonchev–Trinajstić information content (AvgIpc) is 2.68. The number of carbonyl (C=O) groups excluding carboxylic acids is 2. The van der Waals surface area contributed by atoms with Crippen LogP contribution in [0.2, 0.25) is 0 Å². The molecule has 1 aliphatic heterocycles. The molecule has 0 aromatic rings. The topological polar surface area (TPSA) is 46.6 Å². The van der Waals surface area contributed by atoms with Gasteiger partial charge >= 0.3 is 5.97 Å². The molecule has 0 aromatic carbocycles. The summed E-state index contributed by atoms with van der Waals surface area (Å²) in [5.41, 5.74) is -0.819. The van der Waals surface area contributed by atoms with Gasteiger partial charge in [0.05, 0.1) is 6.61 Å². The Morgan fingerprint density at radius 1 is 1.19 bits per heavy atom. The predicted octanol–water partition coefficient (Wildman–Crippen LogP) is 1.34. The minimum Gasteiger partial charge on any atom is -0.465 e. The second-order valence-electron chi connectivity index (χ2n) is 4.66. The van der Waals surface area contributed by atoms with Crippen molar-refractivity contribution in [2.45, 2.75) is 39.0 Å². The number of hydrogen-bond acceptors (Lipinski definition) is 3. The van der Waals surface area contributed by atoms with Gasteiger partial charge in [0.2, 0.25) is 5.91 Å². The summed E-state index contributed by atoms with van der Waals surface area (Å²) in [7, 11) is 0. The first-order valence-corrected chi connectivity index (χ1v) is 6.17. The second kappa shape index (κ2) is 4.44. The Balaban J connectivity index is 2.08. The predicted molar refractivity (Wildman–Crippen MR) is 58.7 cm³/mol. The molecule has 1 saturated heterocycles. The highest BCUT2D eigenvalue weighted by Crippen LogP contribution is 2.44. The number of esters is 1. The zero-order valence-electron chi connectivity index (χ0n) is 9.83. The standard InChI is InChI=1S/C12H19NO3/c1-2-16-11(15)12(6-5-7-12)10(14)13-8-3-4-9-13/h2-9H2,1H3. The van der Waals surface area contributed by atoms with Crippen molar-refractivity contribution in [2.24, 2.45) is 5.41 Å². The van der Waals surface area contributed by atoms with E-state index >= 15 is 0 Å². The molecule has 0 radical (unpaired) electrons. The smallest absolute Gasteiger partial charge is 0.321 e. The lowest BCUT2D eigenvalue weighted by molar-refractivity contribution is -0.171. The number of likely N-dealkylation sites (tertiary alicyclic amines) is 1. The normalized spacial score (nSPS) is 22.7. The van der Waals surface area contributed by atoms with E-state index in [1.807, 2.05) is 4.90 Å². The van der Waals surface area contributed by atoms with Crippen molar-refractivity contribution < 1.29 is 14.3 Å². The molecule has 1 saturated carbocycles. The number of ether oxygens (including phenoxy) is 1. The highest BCUT2D eigenvalue weighted by atomic mass is 16.5. The lowest BCUT2D eigenvalue weighted by atomic mass is 9.67. The minimum absolute atomic E-state index is 0.00898. The van der Waals surface area contributed by atoms with E-state index in [4.69, 9.17) is 4.74 Å². The number of rotatable bonds is 3. The fraction of sp³-hybridized carbons (Fsp3) is 0.833. The van der Waals surface area contributed by atoms with Crippen molar-refractivity contribution in [3.63, 3.8) is 0 Å². The molecule has 1 heterocycles. The average molecular weight is 225 g/mol. The molecule has 0 bridgehead atoms. The largest absolute Gasteiger partial charge is 0.465 e. The van der Waals surface area contributed by atoms with Gasteiger partial charge in [-0.15, -0.1) is 0 Å². The molecule has 16 heavy (non-hydrogen) atoms. The van der Waals surface area contributed by atoms with E-state index in [9.17, 15) is 9.59 Å². The van der Waals surface area contributed by atoms with E-state index in [1.165, 1.54) is 0 Å². The van der Waals surface area contributed by atoms with Crippen LogP contribution in [0, 0.1) is 5.41 Å². The van der Waals surface area contributed by atoms with E-state index < -0.39 is 5.41 Å². The summed E-state index contributed by atoms with van der Waals surface area (Å²) in [4.78, 5) is 26.0. The van der Waals surface area contributed by atoms with Gasteiger partial charge in [-0.1, -0.05) is 6.42 Å². The highest BCUT2D eigenvalue weighted by molar-refractivity contribution is 6.03. The van der Waals surface area contributed by atoms with Crippen molar-refractivity contribution in [1.82, 2.24) is 4.90 Å². The molecular weight excluding hydrogens is 206 g/mol. The molecule has 4 heteroatoms. The van der Waals surface area contributed by atoms with Crippen LogP contribution in [0.15, 0.2) is 0 Å². The molecule has 1 amide bonds. The Hall–Kier alpha value is -1.06. The zero-order valence-corrected chi connectivity index (χ0v) is 9.83. The van der Waals surface area contributed by atoms with Gasteiger partial charge in [-0.2, -0.15) is 0 Å². The third kappa shape index (κ3) is 1.70. The molecule has 2 rings (SSSR count). The van der Waals surface area contributed by atoms with Gasteiger partial charge in [0.15, 0.2) is 0 Å². The van der Waals surface area contributed by atoms with E-state index in [0.717, 1.165) is 32.4 Å². The van der Waals surface area contributed by atoms with E-state index in [2.05, 4.69) is 0 Å². The third-order valence-corrected chi connectivity index (χ3v) is 3.68. The Morgan fingerprint density at radius 2 is 1.81 bits per heavy atom. The summed E-state index contributed by atoms with van der Waals surface area (Å²) in [6, 6.07) is 0. The Bertz CT molecular complexity index is 291. The minimum atomic E-state index is -0.819. The number of carbonyl (C=O) groups is 2. The summed E-state index contributed by atoms with van der Waals surface area (Å²) in [5.74, 6) is -0.298. The maximum atomic E-state index is 12.3. The fourth-order valence-corrected chi connectivity index (χ4v) is 2.53. The van der Waals surface area contributed by atoms with Crippen molar-refractivity contribution in [2.75, 3.05) is 19.7 Å². The van der Waals surface area contributed by atoms with Gasteiger partial charge in [-0.3, -0.25) is 9.59 Å².